The molecule has 4 rings (SSSR count). The number of ether oxygens (including phenoxy) is 1. The number of aromatic nitrogens is 3. The molecule has 34 heavy (non-hydrogen) atoms. The summed E-state index contributed by atoms with van der Waals surface area (Å²) in [5, 5.41) is 11.6. The van der Waals surface area contributed by atoms with E-state index in [9.17, 15) is 13.2 Å². The van der Waals surface area contributed by atoms with E-state index in [0.29, 0.717) is 22.3 Å². The van der Waals surface area contributed by atoms with E-state index in [4.69, 9.17) is 4.74 Å². The summed E-state index contributed by atoms with van der Waals surface area (Å²) >= 11 is 1.18. The maximum atomic E-state index is 12.9. The van der Waals surface area contributed by atoms with Crippen molar-refractivity contribution in [3.05, 3.63) is 90.8 Å². The number of anilines is 1. The molecule has 0 unspecified atom stereocenters. The van der Waals surface area contributed by atoms with E-state index < -0.39 is 9.84 Å². The molecule has 0 aliphatic rings. The fourth-order valence-electron chi connectivity index (χ4n) is 3.21. The van der Waals surface area contributed by atoms with E-state index in [1.54, 1.807) is 66.3 Å². The van der Waals surface area contributed by atoms with Crippen LogP contribution in [0.5, 0.6) is 5.75 Å². The minimum atomic E-state index is -3.63. The number of rotatable bonds is 9. The summed E-state index contributed by atoms with van der Waals surface area (Å²) in [6.07, 6.45) is 0. The van der Waals surface area contributed by atoms with Gasteiger partial charge in [0.15, 0.2) is 20.8 Å². The molecular formula is C24H22N4O4S2. The molecule has 4 aromatic rings. The van der Waals surface area contributed by atoms with Crippen molar-refractivity contribution >= 4 is 33.2 Å². The highest BCUT2D eigenvalue weighted by molar-refractivity contribution is 7.99. The highest BCUT2D eigenvalue weighted by Gasteiger charge is 2.23. The Hall–Kier alpha value is -3.63. The molecule has 0 atom stereocenters. The number of carbonyl (C=O) groups is 1. The van der Waals surface area contributed by atoms with Crippen molar-refractivity contribution in [2.45, 2.75) is 15.8 Å². The summed E-state index contributed by atoms with van der Waals surface area (Å²) in [6, 6.07) is 24.5. The molecule has 0 saturated heterocycles. The van der Waals surface area contributed by atoms with E-state index in [1.807, 2.05) is 30.3 Å². The van der Waals surface area contributed by atoms with Crippen LogP contribution in [0, 0.1) is 0 Å². The Morgan fingerprint density at radius 3 is 2.24 bits per heavy atom. The number of nitrogens with zero attached hydrogens (tertiary/aromatic N) is 3. The second-order valence-corrected chi connectivity index (χ2v) is 10.1. The second kappa shape index (κ2) is 10.5. The lowest BCUT2D eigenvalue weighted by Crippen LogP contribution is -2.15. The van der Waals surface area contributed by atoms with Gasteiger partial charge in [0.1, 0.15) is 11.5 Å². The molecular weight excluding hydrogens is 472 g/mol. The van der Waals surface area contributed by atoms with Crippen molar-refractivity contribution in [1.29, 1.82) is 0 Å². The van der Waals surface area contributed by atoms with Crippen molar-refractivity contribution in [2.24, 2.45) is 0 Å². The Labute approximate surface area is 201 Å². The zero-order chi connectivity index (χ0) is 24.0. The van der Waals surface area contributed by atoms with Crippen LogP contribution in [0.25, 0.3) is 5.69 Å². The molecule has 1 amide bonds. The van der Waals surface area contributed by atoms with Crippen molar-refractivity contribution in [3.8, 4) is 11.4 Å². The van der Waals surface area contributed by atoms with Crippen LogP contribution in [0.1, 0.15) is 5.82 Å². The first-order valence-corrected chi connectivity index (χ1v) is 12.9. The number of methoxy groups -OCH3 is 1. The highest BCUT2D eigenvalue weighted by Crippen LogP contribution is 2.25. The van der Waals surface area contributed by atoms with Gasteiger partial charge in [-0.15, -0.1) is 10.2 Å². The second-order valence-electron chi connectivity index (χ2n) is 7.21. The third-order valence-electron chi connectivity index (χ3n) is 4.84. The minimum absolute atomic E-state index is 0.0719. The maximum absolute atomic E-state index is 12.9. The average molecular weight is 495 g/mol. The monoisotopic (exact) mass is 494 g/mol. The zero-order valence-corrected chi connectivity index (χ0v) is 19.9. The van der Waals surface area contributed by atoms with Crippen LogP contribution < -0.4 is 10.1 Å². The molecule has 0 fully saturated rings. The minimum Gasteiger partial charge on any atom is -0.497 e. The van der Waals surface area contributed by atoms with Gasteiger partial charge in [-0.05, 0) is 48.5 Å². The fourth-order valence-corrected chi connectivity index (χ4v) is 5.24. The van der Waals surface area contributed by atoms with Crippen LogP contribution in [-0.2, 0) is 20.4 Å². The third kappa shape index (κ3) is 5.64. The first-order chi connectivity index (χ1) is 16.5. The van der Waals surface area contributed by atoms with Gasteiger partial charge < -0.3 is 10.1 Å². The summed E-state index contributed by atoms with van der Waals surface area (Å²) in [7, 11) is -2.05. The number of nitrogens with one attached hydrogen (secondary N) is 1. The highest BCUT2D eigenvalue weighted by atomic mass is 32.2. The van der Waals surface area contributed by atoms with Crippen LogP contribution in [0.15, 0.2) is 95.0 Å². The Morgan fingerprint density at radius 2 is 1.59 bits per heavy atom. The molecule has 1 N–H and O–H groups in total. The first kappa shape index (κ1) is 23.5. The predicted octanol–water partition coefficient (Wildman–Crippen LogP) is 3.98. The number of amides is 1. The molecule has 1 heterocycles. The normalized spacial score (nSPS) is 11.2. The van der Waals surface area contributed by atoms with Gasteiger partial charge >= 0.3 is 0 Å². The molecule has 0 bridgehead atoms. The maximum Gasteiger partial charge on any atom is 0.234 e. The first-order valence-electron chi connectivity index (χ1n) is 10.3. The number of carbonyl (C=O) groups excluding carboxylic acids is 1. The van der Waals surface area contributed by atoms with Crippen LogP contribution in [0.2, 0.25) is 0 Å². The number of para-hydroxylation sites is 1. The molecule has 8 nitrogen and oxygen atoms in total. The molecule has 3 aromatic carbocycles. The van der Waals surface area contributed by atoms with Crippen molar-refractivity contribution in [3.63, 3.8) is 0 Å². The molecule has 0 radical (unpaired) electrons. The zero-order valence-electron chi connectivity index (χ0n) is 18.3. The standard InChI is InChI=1S/C24H22N4O4S2/c1-32-20-14-12-18(13-15-20)25-23(29)16-33-24-27-26-22(28(24)19-8-4-2-5-9-19)17-34(30,31)21-10-6-3-7-11-21/h2-15H,16-17H2,1H3,(H,25,29). The van der Waals surface area contributed by atoms with Gasteiger partial charge in [0, 0.05) is 11.4 Å². The quantitative estimate of drug-likeness (QED) is 0.351. The van der Waals surface area contributed by atoms with E-state index in [-0.39, 0.29) is 28.1 Å². The molecule has 0 saturated carbocycles. The van der Waals surface area contributed by atoms with Gasteiger partial charge in [-0.2, -0.15) is 0 Å². The van der Waals surface area contributed by atoms with Gasteiger partial charge in [0.2, 0.25) is 5.91 Å². The van der Waals surface area contributed by atoms with E-state index in [2.05, 4.69) is 15.5 Å². The van der Waals surface area contributed by atoms with Crippen molar-refractivity contribution in [2.75, 3.05) is 18.2 Å². The lowest BCUT2D eigenvalue weighted by molar-refractivity contribution is -0.113. The lowest BCUT2D eigenvalue weighted by Gasteiger charge is -2.11. The summed E-state index contributed by atoms with van der Waals surface area (Å²) in [4.78, 5) is 12.7. The molecule has 10 heteroatoms. The lowest BCUT2D eigenvalue weighted by atomic mass is 10.3. The van der Waals surface area contributed by atoms with E-state index in [0.717, 1.165) is 0 Å². The fraction of sp³-hybridized carbons (Fsp3) is 0.125. The van der Waals surface area contributed by atoms with Gasteiger partial charge in [-0.3, -0.25) is 9.36 Å². The van der Waals surface area contributed by atoms with Crippen LogP contribution in [0.3, 0.4) is 0 Å². The average Bonchev–Trinajstić information content (AvgIpc) is 3.26. The molecule has 0 aliphatic heterocycles. The summed E-state index contributed by atoms with van der Waals surface area (Å²) in [6.45, 7) is 0. The third-order valence-corrected chi connectivity index (χ3v) is 7.40. The van der Waals surface area contributed by atoms with Crippen LogP contribution in [-0.4, -0.2) is 42.0 Å². The summed E-state index contributed by atoms with van der Waals surface area (Å²) < 4.78 is 32.7. The number of hydrogen-bond acceptors (Lipinski definition) is 7. The molecule has 174 valence electrons. The summed E-state index contributed by atoms with van der Waals surface area (Å²) in [5.41, 5.74) is 1.36. The number of thioether (sulfide) groups is 1. The Morgan fingerprint density at radius 1 is 0.941 bits per heavy atom. The Bertz CT molecular complexity index is 1360. The SMILES string of the molecule is COc1ccc(NC(=O)CSc2nnc(CS(=O)(=O)c3ccccc3)n2-c2ccccc2)cc1. The number of hydrogen-bond donors (Lipinski definition) is 1. The molecule has 0 aliphatic carbocycles. The van der Waals surface area contributed by atoms with Crippen LogP contribution in [0.4, 0.5) is 5.69 Å². The van der Waals surface area contributed by atoms with Gasteiger partial charge in [-0.1, -0.05) is 48.2 Å². The largest absolute Gasteiger partial charge is 0.497 e. The Balaban J connectivity index is 1.54. The van der Waals surface area contributed by atoms with Gasteiger partial charge in [0.25, 0.3) is 0 Å². The molecule has 1 aromatic heterocycles. The number of benzene rings is 3. The topological polar surface area (TPSA) is 103 Å². The van der Waals surface area contributed by atoms with E-state index in [1.165, 1.54) is 11.8 Å². The van der Waals surface area contributed by atoms with Crippen molar-refractivity contribution in [1.82, 2.24) is 14.8 Å². The van der Waals surface area contributed by atoms with Gasteiger partial charge in [0.05, 0.1) is 17.8 Å². The van der Waals surface area contributed by atoms with Crippen LogP contribution >= 0.6 is 11.8 Å². The van der Waals surface area contributed by atoms with Crippen molar-refractivity contribution < 1.29 is 17.9 Å². The molecule has 0 spiro atoms. The number of sulfone groups is 1. The summed E-state index contributed by atoms with van der Waals surface area (Å²) in [5.74, 6) is 0.491. The smallest absolute Gasteiger partial charge is 0.234 e. The Kier molecular flexibility index (Phi) is 7.29. The van der Waals surface area contributed by atoms with Gasteiger partial charge in [-0.25, -0.2) is 8.42 Å². The predicted molar refractivity (Wildman–Crippen MR) is 131 cm³/mol. The van der Waals surface area contributed by atoms with E-state index >= 15 is 0 Å².